The van der Waals surface area contributed by atoms with Gasteiger partial charge in [-0.1, -0.05) is 6.07 Å². The van der Waals surface area contributed by atoms with Crippen molar-refractivity contribution in [3.05, 3.63) is 23.8 Å². The molecule has 5 nitrogen and oxygen atoms in total. The summed E-state index contributed by atoms with van der Waals surface area (Å²) in [7, 11) is 0. The summed E-state index contributed by atoms with van der Waals surface area (Å²) in [6.07, 6.45) is 0. The molecule has 1 saturated heterocycles. The summed E-state index contributed by atoms with van der Waals surface area (Å²) in [5.74, 6) is 1.18. The number of thioether (sulfide) groups is 1. The van der Waals surface area contributed by atoms with Gasteiger partial charge in [0.15, 0.2) is 11.5 Å². The lowest BCUT2D eigenvalue weighted by Gasteiger charge is -2.16. The first-order valence-electron chi connectivity index (χ1n) is 6.65. The van der Waals surface area contributed by atoms with Crippen molar-refractivity contribution in [2.75, 3.05) is 19.0 Å². The molecule has 0 aliphatic carbocycles. The Morgan fingerprint density at radius 3 is 2.65 bits per heavy atom. The van der Waals surface area contributed by atoms with E-state index in [0.29, 0.717) is 24.7 Å². The molecule has 2 N–H and O–H groups in total. The van der Waals surface area contributed by atoms with Crippen molar-refractivity contribution >= 4 is 17.7 Å². The maximum Gasteiger partial charge on any atom is 0.321 e. The van der Waals surface area contributed by atoms with Gasteiger partial charge in [0.25, 0.3) is 0 Å². The van der Waals surface area contributed by atoms with E-state index in [0.717, 1.165) is 11.3 Å². The number of hydrogen-bond donors (Lipinski definition) is 2. The van der Waals surface area contributed by atoms with E-state index in [-0.39, 0.29) is 5.37 Å². The molecule has 1 heterocycles. The molecule has 20 heavy (non-hydrogen) atoms. The number of carbonyl (C=O) groups is 1. The van der Waals surface area contributed by atoms with E-state index < -0.39 is 12.0 Å². The zero-order chi connectivity index (χ0) is 14.5. The summed E-state index contributed by atoms with van der Waals surface area (Å²) < 4.78 is 11.1. The van der Waals surface area contributed by atoms with Gasteiger partial charge in [0, 0.05) is 5.75 Å². The summed E-state index contributed by atoms with van der Waals surface area (Å²) >= 11 is 1.59. The topological polar surface area (TPSA) is 67.8 Å². The summed E-state index contributed by atoms with van der Waals surface area (Å²) in [5.41, 5.74) is 1.01. The molecule has 2 atom stereocenters. The van der Waals surface area contributed by atoms with E-state index in [2.05, 4.69) is 5.32 Å². The highest BCUT2D eigenvalue weighted by atomic mass is 32.2. The van der Waals surface area contributed by atoms with Crippen LogP contribution in [0.25, 0.3) is 0 Å². The van der Waals surface area contributed by atoms with E-state index in [1.807, 2.05) is 32.0 Å². The fourth-order valence-corrected chi connectivity index (χ4v) is 3.26. The van der Waals surface area contributed by atoms with Crippen LogP contribution in [0.5, 0.6) is 11.5 Å². The smallest absolute Gasteiger partial charge is 0.321 e. The van der Waals surface area contributed by atoms with Gasteiger partial charge in [-0.3, -0.25) is 10.1 Å². The average Bonchev–Trinajstić information content (AvgIpc) is 2.91. The second-order valence-electron chi connectivity index (χ2n) is 4.34. The second kappa shape index (κ2) is 6.85. The Balaban J connectivity index is 2.16. The zero-order valence-corrected chi connectivity index (χ0v) is 12.4. The third-order valence-corrected chi connectivity index (χ3v) is 4.22. The number of rotatable bonds is 6. The number of carboxylic acid groups (broad SMARTS) is 1. The van der Waals surface area contributed by atoms with Crippen LogP contribution in [0.1, 0.15) is 24.8 Å². The van der Waals surface area contributed by atoms with Crippen LogP contribution in [0.15, 0.2) is 18.2 Å². The highest BCUT2D eigenvalue weighted by Crippen LogP contribution is 2.37. The predicted octanol–water partition coefficient (Wildman–Crippen LogP) is 2.27. The molecule has 0 saturated carbocycles. The molecule has 1 aliphatic rings. The van der Waals surface area contributed by atoms with Crippen LogP contribution in [-0.4, -0.2) is 36.1 Å². The first kappa shape index (κ1) is 15.0. The molecule has 0 unspecified atom stereocenters. The van der Waals surface area contributed by atoms with Gasteiger partial charge in [0.2, 0.25) is 0 Å². The van der Waals surface area contributed by atoms with Crippen molar-refractivity contribution in [3.63, 3.8) is 0 Å². The molecule has 1 aromatic carbocycles. The zero-order valence-electron chi connectivity index (χ0n) is 11.6. The first-order chi connectivity index (χ1) is 9.65. The molecule has 0 bridgehead atoms. The van der Waals surface area contributed by atoms with Gasteiger partial charge in [-0.05, 0) is 31.5 Å². The average molecular weight is 297 g/mol. The lowest BCUT2D eigenvalue weighted by molar-refractivity contribution is -0.138. The Morgan fingerprint density at radius 2 is 2.05 bits per heavy atom. The van der Waals surface area contributed by atoms with Gasteiger partial charge in [0.05, 0.1) is 18.6 Å². The molecule has 1 aliphatic heterocycles. The third kappa shape index (κ3) is 3.37. The minimum absolute atomic E-state index is 0.0222. The van der Waals surface area contributed by atoms with Crippen LogP contribution < -0.4 is 14.8 Å². The number of carboxylic acids is 1. The van der Waals surface area contributed by atoms with Crippen molar-refractivity contribution in [1.82, 2.24) is 5.32 Å². The van der Waals surface area contributed by atoms with Crippen LogP contribution in [0, 0.1) is 0 Å². The van der Waals surface area contributed by atoms with Crippen molar-refractivity contribution in [3.8, 4) is 11.5 Å². The van der Waals surface area contributed by atoms with E-state index in [1.54, 1.807) is 11.8 Å². The van der Waals surface area contributed by atoms with Crippen LogP contribution in [0.3, 0.4) is 0 Å². The molecule has 0 spiro atoms. The molecule has 110 valence electrons. The number of ether oxygens (including phenoxy) is 2. The fraction of sp³-hybridized carbons (Fsp3) is 0.500. The summed E-state index contributed by atoms with van der Waals surface area (Å²) in [4.78, 5) is 11.0. The summed E-state index contributed by atoms with van der Waals surface area (Å²) in [6, 6.07) is 5.25. The Morgan fingerprint density at radius 1 is 1.35 bits per heavy atom. The molecule has 0 amide bonds. The van der Waals surface area contributed by atoms with Crippen molar-refractivity contribution in [1.29, 1.82) is 0 Å². The Hall–Kier alpha value is -1.40. The van der Waals surface area contributed by atoms with Gasteiger partial charge >= 0.3 is 5.97 Å². The van der Waals surface area contributed by atoms with Gasteiger partial charge in [-0.2, -0.15) is 0 Å². The van der Waals surface area contributed by atoms with E-state index in [1.165, 1.54) is 0 Å². The lowest BCUT2D eigenvalue weighted by atomic mass is 10.2. The van der Waals surface area contributed by atoms with Crippen molar-refractivity contribution in [2.45, 2.75) is 25.3 Å². The molecular formula is C14H19NO4S. The van der Waals surface area contributed by atoms with Gasteiger partial charge in [-0.15, -0.1) is 11.8 Å². The third-order valence-electron chi connectivity index (χ3n) is 2.95. The van der Waals surface area contributed by atoms with Crippen molar-refractivity contribution < 1.29 is 19.4 Å². The summed E-state index contributed by atoms with van der Waals surface area (Å²) in [5, 5.41) is 12.1. The molecule has 1 aromatic rings. The Bertz CT molecular complexity index is 480. The second-order valence-corrected chi connectivity index (χ2v) is 5.48. The maximum absolute atomic E-state index is 11.0. The quantitative estimate of drug-likeness (QED) is 0.839. The molecule has 6 heteroatoms. The van der Waals surface area contributed by atoms with E-state index in [4.69, 9.17) is 14.6 Å². The van der Waals surface area contributed by atoms with Gasteiger partial charge in [-0.25, -0.2) is 0 Å². The molecule has 0 radical (unpaired) electrons. The van der Waals surface area contributed by atoms with E-state index in [9.17, 15) is 4.79 Å². The van der Waals surface area contributed by atoms with Crippen LogP contribution >= 0.6 is 11.8 Å². The summed E-state index contributed by atoms with van der Waals surface area (Å²) in [6.45, 7) is 4.99. The standard InChI is InChI=1S/C14H19NO4S/c1-3-18-11-6-5-9(7-12(11)19-4-2)13-15-10(8-20-13)14(16)17/h5-7,10,13,15H,3-4,8H2,1-2H3,(H,16,17)/t10-,13+/m0/s1. The molecular weight excluding hydrogens is 278 g/mol. The van der Waals surface area contributed by atoms with Crippen LogP contribution in [0.4, 0.5) is 0 Å². The molecule has 1 fully saturated rings. The Labute approximate surface area is 122 Å². The van der Waals surface area contributed by atoms with Crippen LogP contribution in [-0.2, 0) is 4.79 Å². The number of nitrogens with one attached hydrogen (secondary N) is 1. The predicted molar refractivity (Wildman–Crippen MR) is 78.5 cm³/mol. The molecule has 2 rings (SSSR count). The number of hydrogen-bond acceptors (Lipinski definition) is 5. The Kier molecular flexibility index (Phi) is 5.14. The maximum atomic E-state index is 11.0. The SMILES string of the molecule is CCOc1ccc([C@@H]2N[C@H](C(=O)O)CS2)cc1OCC. The van der Waals surface area contributed by atoms with Crippen LogP contribution in [0.2, 0.25) is 0 Å². The number of aliphatic carboxylic acids is 1. The van der Waals surface area contributed by atoms with Gasteiger partial charge in [0.1, 0.15) is 6.04 Å². The van der Waals surface area contributed by atoms with Crippen molar-refractivity contribution in [2.24, 2.45) is 0 Å². The lowest BCUT2D eigenvalue weighted by Crippen LogP contribution is -2.33. The highest BCUT2D eigenvalue weighted by Gasteiger charge is 2.30. The largest absolute Gasteiger partial charge is 0.490 e. The minimum atomic E-state index is -0.809. The first-order valence-corrected chi connectivity index (χ1v) is 7.70. The molecule has 0 aromatic heterocycles. The van der Waals surface area contributed by atoms with E-state index >= 15 is 0 Å². The number of benzene rings is 1. The highest BCUT2D eigenvalue weighted by molar-refractivity contribution is 7.99. The van der Waals surface area contributed by atoms with Gasteiger partial charge < -0.3 is 14.6 Å². The minimum Gasteiger partial charge on any atom is -0.490 e. The monoisotopic (exact) mass is 297 g/mol. The fourth-order valence-electron chi connectivity index (χ4n) is 2.04. The normalized spacial score (nSPS) is 21.7.